The Labute approximate surface area is 134 Å². The van der Waals surface area contributed by atoms with Gasteiger partial charge in [0.1, 0.15) is 0 Å². The van der Waals surface area contributed by atoms with Crippen LogP contribution in [0.4, 0.5) is 0 Å². The van der Waals surface area contributed by atoms with Gasteiger partial charge in [0, 0.05) is 28.9 Å². The second-order valence-corrected chi connectivity index (χ2v) is 5.84. The summed E-state index contributed by atoms with van der Waals surface area (Å²) in [5.74, 6) is -0.254. The molecule has 6 heteroatoms. The average Bonchev–Trinajstić information content (AvgIpc) is 2.87. The van der Waals surface area contributed by atoms with E-state index in [0.717, 1.165) is 5.69 Å². The van der Waals surface area contributed by atoms with Crippen LogP contribution in [-0.4, -0.2) is 27.3 Å². The standard InChI is InChI=1S/C16H20ClN3O2/c1-10(2)20-11(3)13(8-19-20)16(22)18-9-15(21)12-6-4-5-7-14(12)17/h4-8,10,15,21H,9H2,1-3H3,(H,18,22). The number of hydrogen-bond acceptors (Lipinski definition) is 3. The first-order chi connectivity index (χ1) is 10.4. The summed E-state index contributed by atoms with van der Waals surface area (Å²) in [6.07, 6.45) is 0.699. The van der Waals surface area contributed by atoms with Crippen molar-refractivity contribution >= 4 is 17.5 Å². The van der Waals surface area contributed by atoms with Crippen molar-refractivity contribution < 1.29 is 9.90 Å². The normalized spacial score (nSPS) is 12.5. The summed E-state index contributed by atoms with van der Waals surface area (Å²) < 4.78 is 1.79. The molecule has 0 aliphatic carbocycles. The van der Waals surface area contributed by atoms with Crippen LogP contribution in [0.5, 0.6) is 0 Å². The molecule has 0 bridgehead atoms. The maximum Gasteiger partial charge on any atom is 0.254 e. The van der Waals surface area contributed by atoms with Crippen LogP contribution < -0.4 is 5.32 Å². The van der Waals surface area contributed by atoms with Crippen LogP contribution in [0.3, 0.4) is 0 Å². The third-order valence-corrected chi connectivity index (χ3v) is 3.84. The molecule has 118 valence electrons. The summed E-state index contributed by atoms with van der Waals surface area (Å²) in [6, 6.07) is 7.22. The molecule has 1 heterocycles. The quantitative estimate of drug-likeness (QED) is 0.889. The van der Waals surface area contributed by atoms with E-state index in [1.54, 1.807) is 35.1 Å². The molecule has 0 fully saturated rings. The molecule has 1 unspecified atom stereocenters. The number of rotatable bonds is 5. The van der Waals surface area contributed by atoms with Gasteiger partial charge in [-0.25, -0.2) is 0 Å². The maximum absolute atomic E-state index is 12.2. The van der Waals surface area contributed by atoms with Crippen LogP contribution in [0.2, 0.25) is 5.02 Å². The number of benzene rings is 1. The molecule has 0 aliphatic rings. The highest BCUT2D eigenvalue weighted by Gasteiger charge is 2.17. The van der Waals surface area contributed by atoms with Crippen LogP contribution in [0.25, 0.3) is 0 Å². The number of hydrogen-bond donors (Lipinski definition) is 2. The summed E-state index contributed by atoms with van der Waals surface area (Å²) in [5.41, 5.74) is 1.92. The van der Waals surface area contributed by atoms with Crippen molar-refractivity contribution in [3.05, 3.63) is 52.3 Å². The van der Waals surface area contributed by atoms with E-state index in [-0.39, 0.29) is 18.5 Å². The molecule has 1 aromatic carbocycles. The second kappa shape index (κ2) is 6.94. The lowest BCUT2D eigenvalue weighted by Gasteiger charge is -2.14. The summed E-state index contributed by atoms with van der Waals surface area (Å²) in [4.78, 5) is 12.2. The first kappa shape index (κ1) is 16.5. The lowest BCUT2D eigenvalue weighted by Crippen LogP contribution is -2.28. The van der Waals surface area contributed by atoms with Gasteiger partial charge < -0.3 is 10.4 Å². The number of aromatic nitrogens is 2. The molecular formula is C16H20ClN3O2. The minimum absolute atomic E-state index is 0.0921. The monoisotopic (exact) mass is 321 g/mol. The molecule has 0 spiro atoms. The van der Waals surface area contributed by atoms with E-state index >= 15 is 0 Å². The van der Waals surface area contributed by atoms with Gasteiger partial charge in [0.05, 0.1) is 17.9 Å². The molecule has 1 aromatic heterocycles. The molecule has 0 aliphatic heterocycles. The van der Waals surface area contributed by atoms with Crippen LogP contribution in [-0.2, 0) is 0 Å². The minimum atomic E-state index is -0.849. The number of amides is 1. The highest BCUT2D eigenvalue weighted by atomic mass is 35.5. The Bertz CT molecular complexity index is 667. The number of nitrogens with one attached hydrogen (secondary N) is 1. The molecule has 0 saturated heterocycles. The fourth-order valence-electron chi connectivity index (χ4n) is 2.31. The number of nitrogens with zero attached hydrogens (tertiary/aromatic N) is 2. The van der Waals surface area contributed by atoms with Crippen LogP contribution in [0.15, 0.2) is 30.5 Å². The third-order valence-electron chi connectivity index (χ3n) is 3.50. The van der Waals surface area contributed by atoms with Gasteiger partial charge in [-0.2, -0.15) is 5.10 Å². The second-order valence-electron chi connectivity index (χ2n) is 5.43. The van der Waals surface area contributed by atoms with Crippen LogP contribution >= 0.6 is 11.6 Å². The van der Waals surface area contributed by atoms with Crippen molar-refractivity contribution in [3.8, 4) is 0 Å². The van der Waals surface area contributed by atoms with E-state index in [0.29, 0.717) is 16.1 Å². The average molecular weight is 322 g/mol. The molecule has 22 heavy (non-hydrogen) atoms. The van der Waals surface area contributed by atoms with Crippen molar-refractivity contribution in [2.75, 3.05) is 6.54 Å². The number of aliphatic hydroxyl groups excluding tert-OH is 1. The van der Waals surface area contributed by atoms with Gasteiger partial charge in [-0.3, -0.25) is 9.48 Å². The SMILES string of the molecule is Cc1c(C(=O)NCC(O)c2ccccc2Cl)cnn1C(C)C. The zero-order chi connectivity index (χ0) is 16.3. The first-order valence-corrected chi connectivity index (χ1v) is 7.54. The number of carbonyl (C=O) groups is 1. The molecule has 2 rings (SSSR count). The summed E-state index contributed by atoms with van der Waals surface area (Å²) in [5, 5.41) is 17.5. The van der Waals surface area contributed by atoms with Crippen LogP contribution in [0.1, 0.15) is 47.6 Å². The number of aliphatic hydroxyl groups is 1. The van der Waals surface area contributed by atoms with Crippen molar-refractivity contribution in [1.29, 1.82) is 0 Å². The predicted octanol–water partition coefficient (Wildman–Crippen LogP) is 2.89. The van der Waals surface area contributed by atoms with Crippen molar-refractivity contribution in [2.45, 2.75) is 32.9 Å². The number of carbonyl (C=O) groups excluding carboxylic acids is 1. The molecule has 2 aromatic rings. The Morgan fingerprint density at radius 1 is 1.41 bits per heavy atom. The molecule has 1 atom stereocenters. The fourth-order valence-corrected chi connectivity index (χ4v) is 2.57. The third kappa shape index (κ3) is 3.48. The number of halogens is 1. The molecule has 1 amide bonds. The Hall–Kier alpha value is -1.85. The van der Waals surface area contributed by atoms with Crippen molar-refractivity contribution in [1.82, 2.24) is 15.1 Å². The zero-order valence-corrected chi connectivity index (χ0v) is 13.6. The fraction of sp³-hybridized carbons (Fsp3) is 0.375. The smallest absolute Gasteiger partial charge is 0.254 e. The minimum Gasteiger partial charge on any atom is -0.387 e. The first-order valence-electron chi connectivity index (χ1n) is 7.16. The summed E-state index contributed by atoms with van der Waals surface area (Å²) >= 11 is 6.03. The molecule has 5 nitrogen and oxygen atoms in total. The highest BCUT2D eigenvalue weighted by molar-refractivity contribution is 6.31. The van der Waals surface area contributed by atoms with Gasteiger partial charge in [0.25, 0.3) is 5.91 Å². The molecule has 0 saturated carbocycles. The zero-order valence-electron chi connectivity index (χ0n) is 12.9. The lowest BCUT2D eigenvalue weighted by atomic mass is 10.1. The van der Waals surface area contributed by atoms with Crippen LogP contribution in [0, 0.1) is 6.92 Å². The Morgan fingerprint density at radius 2 is 2.09 bits per heavy atom. The topological polar surface area (TPSA) is 67.2 Å². The van der Waals surface area contributed by atoms with E-state index in [1.165, 1.54) is 0 Å². The van der Waals surface area contributed by atoms with Crippen molar-refractivity contribution in [3.63, 3.8) is 0 Å². The van der Waals surface area contributed by atoms with Gasteiger partial charge in [0.15, 0.2) is 0 Å². The van der Waals surface area contributed by atoms with Crippen molar-refractivity contribution in [2.24, 2.45) is 0 Å². The van der Waals surface area contributed by atoms with Gasteiger partial charge in [0.2, 0.25) is 0 Å². The maximum atomic E-state index is 12.2. The van der Waals surface area contributed by atoms with Gasteiger partial charge in [-0.05, 0) is 26.8 Å². The highest BCUT2D eigenvalue weighted by Crippen LogP contribution is 2.22. The Morgan fingerprint density at radius 3 is 2.68 bits per heavy atom. The summed E-state index contributed by atoms with van der Waals surface area (Å²) in [6.45, 7) is 5.95. The van der Waals surface area contributed by atoms with Gasteiger partial charge in [-0.1, -0.05) is 29.8 Å². The van der Waals surface area contributed by atoms with E-state index in [9.17, 15) is 9.90 Å². The van der Waals surface area contributed by atoms with Gasteiger partial charge in [-0.15, -0.1) is 0 Å². The molecular weight excluding hydrogens is 302 g/mol. The molecule has 0 radical (unpaired) electrons. The Kier molecular flexibility index (Phi) is 5.21. The van der Waals surface area contributed by atoms with E-state index in [4.69, 9.17) is 11.6 Å². The summed E-state index contributed by atoms with van der Waals surface area (Å²) in [7, 11) is 0. The molecule has 2 N–H and O–H groups in total. The predicted molar refractivity (Wildman–Crippen MR) is 86.1 cm³/mol. The largest absolute Gasteiger partial charge is 0.387 e. The van der Waals surface area contributed by atoms with E-state index in [2.05, 4.69) is 10.4 Å². The van der Waals surface area contributed by atoms with Gasteiger partial charge >= 0.3 is 0 Å². The van der Waals surface area contributed by atoms with E-state index in [1.807, 2.05) is 20.8 Å². The lowest BCUT2D eigenvalue weighted by molar-refractivity contribution is 0.0915. The Balaban J connectivity index is 2.03. The van der Waals surface area contributed by atoms with E-state index < -0.39 is 6.10 Å².